The second kappa shape index (κ2) is 8.38. The van der Waals surface area contributed by atoms with Gasteiger partial charge < -0.3 is 20.1 Å². The number of amides is 1. The van der Waals surface area contributed by atoms with Crippen molar-refractivity contribution in [1.29, 1.82) is 0 Å². The number of ether oxygens (including phenoxy) is 2. The van der Waals surface area contributed by atoms with Crippen molar-refractivity contribution < 1.29 is 19.1 Å². The Hall–Kier alpha value is -3.03. The first-order chi connectivity index (χ1) is 14.1. The molecule has 0 spiro atoms. The molecule has 8 nitrogen and oxygen atoms in total. The zero-order valence-electron chi connectivity index (χ0n) is 18.3. The molecule has 30 heavy (non-hydrogen) atoms. The molecule has 0 bridgehead atoms. The van der Waals surface area contributed by atoms with Crippen LogP contribution < -0.4 is 5.73 Å². The molecule has 2 heterocycles. The van der Waals surface area contributed by atoms with Gasteiger partial charge >= 0.3 is 12.1 Å². The molecule has 1 aliphatic rings. The summed E-state index contributed by atoms with van der Waals surface area (Å²) in [5, 5.41) is 4.47. The lowest BCUT2D eigenvalue weighted by Crippen LogP contribution is -2.41. The predicted molar refractivity (Wildman–Crippen MR) is 114 cm³/mol. The van der Waals surface area contributed by atoms with Crippen molar-refractivity contribution in [2.24, 2.45) is 0 Å². The quantitative estimate of drug-likeness (QED) is 0.770. The van der Waals surface area contributed by atoms with Crippen molar-refractivity contribution in [2.75, 3.05) is 25.9 Å². The number of aromatic nitrogens is 2. The normalized spacial score (nSPS) is 15.2. The van der Waals surface area contributed by atoms with Crippen molar-refractivity contribution in [3.63, 3.8) is 0 Å². The van der Waals surface area contributed by atoms with E-state index in [0.29, 0.717) is 37.3 Å². The molecule has 1 aromatic heterocycles. The number of hydrogen-bond donors (Lipinski definition) is 1. The molecule has 3 rings (SSSR count). The van der Waals surface area contributed by atoms with E-state index in [1.54, 1.807) is 9.58 Å². The molecule has 1 amide bonds. The van der Waals surface area contributed by atoms with Gasteiger partial charge in [0, 0.05) is 18.7 Å². The number of hydrogen-bond acceptors (Lipinski definition) is 6. The maximum Gasteiger partial charge on any atom is 0.410 e. The van der Waals surface area contributed by atoms with Crippen LogP contribution in [0.4, 0.5) is 10.6 Å². The van der Waals surface area contributed by atoms with Crippen LogP contribution in [0.25, 0.3) is 5.69 Å². The third-order valence-electron chi connectivity index (χ3n) is 5.17. The van der Waals surface area contributed by atoms with E-state index >= 15 is 0 Å². The van der Waals surface area contributed by atoms with E-state index < -0.39 is 11.6 Å². The number of nitrogen functional groups attached to an aromatic ring is 1. The smallest absolute Gasteiger partial charge is 0.410 e. The number of nitrogens with two attached hydrogens (primary N) is 1. The molecule has 8 heteroatoms. The monoisotopic (exact) mass is 414 g/mol. The van der Waals surface area contributed by atoms with E-state index in [1.807, 2.05) is 52.0 Å². The summed E-state index contributed by atoms with van der Waals surface area (Å²) >= 11 is 0. The number of likely N-dealkylation sites (tertiary alicyclic amines) is 1. The molecule has 1 aromatic carbocycles. The molecule has 0 unspecified atom stereocenters. The van der Waals surface area contributed by atoms with Crippen LogP contribution >= 0.6 is 0 Å². The minimum atomic E-state index is -0.536. The van der Waals surface area contributed by atoms with E-state index in [-0.39, 0.29) is 17.7 Å². The summed E-state index contributed by atoms with van der Waals surface area (Å²) in [5.41, 5.74) is 8.74. The number of rotatable bonds is 3. The van der Waals surface area contributed by atoms with Gasteiger partial charge in [-0.1, -0.05) is 17.7 Å². The summed E-state index contributed by atoms with van der Waals surface area (Å²) in [6.45, 7) is 8.59. The zero-order valence-corrected chi connectivity index (χ0v) is 18.3. The standard InChI is InChI=1S/C22H30N4O4/c1-14-6-8-16(9-7-14)26-19(23)17(18(24-26)20(27)29-5)15-10-12-25(13-11-15)21(28)30-22(2,3)4/h6-9,15H,10-13,23H2,1-5H3. The Morgan fingerprint density at radius 2 is 1.73 bits per heavy atom. The maximum absolute atomic E-state index is 12.4. The first-order valence-corrected chi connectivity index (χ1v) is 10.1. The molecule has 0 atom stereocenters. The first-order valence-electron chi connectivity index (χ1n) is 10.1. The molecular formula is C22H30N4O4. The fourth-order valence-electron chi connectivity index (χ4n) is 3.65. The third kappa shape index (κ3) is 4.58. The van der Waals surface area contributed by atoms with Gasteiger partial charge in [-0.2, -0.15) is 5.10 Å². The van der Waals surface area contributed by atoms with Crippen molar-refractivity contribution in [3.05, 3.63) is 41.1 Å². The summed E-state index contributed by atoms with van der Waals surface area (Å²) in [6, 6.07) is 7.75. The lowest BCUT2D eigenvalue weighted by atomic mass is 9.89. The summed E-state index contributed by atoms with van der Waals surface area (Å²) in [4.78, 5) is 26.5. The van der Waals surface area contributed by atoms with E-state index in [9.17, 15) is 9.59 Å². The van der Waals surface area contributed by atoms with Crippen molar-refractivity contribution in [2.45, 2.75) is 52.1 Å². The minimum Gasteiger partial charge on any atom is -0.464 e. The van der Waals surface area contributed by atoms with Gasteiger partial charge in [0.25, 0.3) is 0 Å². The van der Waals surface area contributed by atoms with Gasteiger partial charge in [0.05, 0.1) is 12.8 Å². The summed E-state index contributed by atoms with van der Waals surface area (Å²) in [5.74, 6) is -0.0934. The third-order valence-corrected chi connectivity index (χ3v) is 5.17. The van der Waals surface area contributed by atoms with Crippen LogP contribution in [0.15, 0.2) is 24.3 Å². The van der Waals surface area contributed by atoms with Crippen LogP contribution in [-0.4, -0.2) is 52.5 Å². The van der Waals surface area contributed by atoms with Gasteiger partial charge in [-0.15, -0.1) is 0 Å². The van der Waals surface area contributed by atoms with Gasteiger partial charge in [-0.05, 0) is 58.6 Å². The van der Waals surface area contributed by atoms with Crippen LogP contribution in [-0.2, 0) is 9.47 Å². The van der Waals surface area contributed by atoms with E-state index in [2.05, 4.69) is 5.10 Å². The lowest BCUT2D eigenvalue weighted by molar-refractivity contribution is 0.0204. The van der Waals surface area contributed by atoms with E-state index in [4.69, 9.17) is 15.2 Å². The molecule has 1 fully saturated rings. The largest absolute Gasteiger partial charge is 0.464 e. The molecule has 1 aliphatic heterocycles. The number of carbonyl (C=O) groups is 2. The van der Waals surface area contributed by atoms with Crippen LogP contribution in [0.2, 0.25) is 0 Å². The highest BCUT2D eigenvalue weighted by Crippen LogP contribution is 2.36. The van der Waals surface area contributed by atoms with Gasteiger partial charge in [-0.3, -0.25) is 0 Å². The number of piperidine rings is 1. The summed E-state index contributed by atoms with van der Waals surface area (Å²) < 4.78 is 12.0. The summed E-state index contributed by atoms with van der Waals surface area (Å²) in [6.07, 6.45) is 0.998. The second-order valence-electron chi connectivity index (χ2n) is 8.63. The molecule has 1 saturated heterocycles. The Morgan fingerprint density at radius 3 is 2.27 bits per heavy atom. The molecular weight excluding hydrogens is 384 g/mol. The highest BCUT2D eigenvalue weighted by Gasteiger charge is 2.33. The number of carbonyl (C=O) groups excluding carboxylic acids is 2. The van der Waals surface area contributed by atoms with Gasteiger partial charge in [0.15, 0.2) is 5.69 Å². The lowest BCUT2D eigenvalue weighted by Gasteiger charge is -2.33. The topological polar surface area (TPSA) is 99.7 Å². The Bertz CT molecular complexity index is 920. The van der Waals surface area contributed by atoms with Gasteiger partial charge in [0.2, 0.25) is 0 Å². The minimum absolute atomic E-state index is 0.00279. The summed E-state index contributed by atoms with van der Waals surface area (Å²) in [7, 11) is 1.33. The number of esters is 1. The molecule has 0 aliphatic carbocycles. The predicted octanol–water partition coefficient (Wildman–Crippen LogP) is 3.66. The first kappa shape index (κ1) is 21.7. The molecule has 0 saturated carbocycles. The number of methoxy groups -OCH3 is 1. The Balaban J connectivity index is 1.86. The van der Waals surface area contributed by atoms with E-state index in [0.717, 1.165) is 11.3 Å². The Kier molecular flexibility index (Phi) is 6.05. The van der Waals surface area contributed by atoms with Crippen molar-refractivity contribution in [3.8, 4) is 5.69 Å². The zero-order chi connectivity index (χ0) is 22.1. The number of aryl methyl sites for hydroxylation is 1. The van der Waals surface area contributed by atoms with E-state index in [1.165, 1.54) is 7.11 Å². The van der Waals surface area contributed by atoms with Crippen LogP contribution in [0.3, 0.4) is 0 Å². The molecule has 2 aromatic rings. The Labute approximate surface area is 176 Å². The molecule has 2 N–H and O–H groups in total. The van der Waals surface area contributed by atoms with Gasteiger partial charge in [-0.25, -0.2) is 14.3 Å². The molecule has 162 valence electrons. The number of benzene rings is 1. The average molecular weight is 415 g/mol. The van der Waals surface area contributed by atoms with Crippen molar-refractivity contribution >= 4 is 17.9 Å². The van der Waals surface area contributed by atoms with Gasteiger partial charge in [0.1, 0.15) is 11.4 Å². The highest BCUT2D eigenvalue weighted by atomic mass is 16.6. The SMILES string of the molecule is COC(=O)c1nn(-c2ccc(C)cc2)c(N)c1C1CCN(C(=O)OC(C)(C)C)CC1. The van der Waals surface area contributed by atoms with Crippen LogP contribution in [0.5, 0.6) is 0 Å². The number of nitrogens with zero attached hydrogens (tertiary/aromatic N) is 3. The molecule has 0 radical (unpaired) electrons. The fraction of sp³-hybridized carbons (Fsp3) is 0.500. The number of anilines is 1. The maximum atomic E-state index is 12.4. The Morgan fingerprint density at radius 1 is 1.13 bits per heavy atom. The highest BCUT2D eigenvalue weighted by molar-refractivity contribution is 5.91. The second-order valence-corrected chi connectivity index (χ2v) is 8.63. The fourth-order valence-corrected chi connectivity index (χ4v) is 3.65. The van der Waals surface area contributed by atoms with Crippen LogP contribution in [0, 0.1) is 6.92 Å². The van der Waals surface area contributed by atoms with Crippen molar-refractivity contribution in [1.82, 2.24) is 14.7 Å². The average Bonchev–Trinajstić information content (AvgIpc) is 3.04. The van der Waals surface area contributed by atoms with Crippen LogP contribution in [0.1, 0.15) is 61.1 Å².